The second kappa shape index (κ2) is 4.56. The van der Waals surface area contributed by atoms with Gasteiger partial charge < -0.3 is 4.42 Å². The van der Waals surface area contributed by atoms with Crippen LogP contribution in [0, 0.1) is 0 Å². The molecule has 0 atom stereocenters. The van der Waals surface area contributed by atoms with Gasteiger partial charge in [0.25, 0.3) is 0 Å². The van der Waals surface area contributed by atoms with E-state index < -0.39 is 7.59 Å². The van der Waals surface area contributed by atoms with Crippen LogP contribution in [-0.4, -0.2) is 0 Å². The molecular weight excluding hydrogens is 349 g/mol. The van der Waals surface area contributed by atoms with E-state index in [-0.39, 0.29) is 11.3 Å². The molecule has 1 nitrogen and oxygen atoms in total. The van der Waals surface area contributed by atoms with Gasteiger partial charge in [0.2, 0.25) is 7.59 Å². The maximum atomic E-state index is 5.89. The summed E-state index contributed by atoms with van der Waals surface area (Å²) in [4.78, 5) is 0. The third-order valence-corrected chi connectivity index (χ3v) is 3.22. The summed E-state index contributed by atoms with van der Waals surface area (Å²) in [5, 5.41) is 0.605. The Kier molecular flexibility index (Phi) is 3.73. The van der Waals surface area contributed by atoms with E-state index >= 15 is 0 Å². The summed E-state index contributed by atoms with van der Waals surface area (Å²) >= 11 is 35.1. The average Bonchev–Trinajstić information content (AvgIpc) is 2.54. The van der Waals surface area contributed by atoms with Crippen molar-refractivity contribution in [1.82, 2.24) is 0 Å². The summed E-state index contributed by atoms with van der Waals surface area (Å²) < 4.78 is 1.92. The van der Waals surface area contributed by atoms with Crippen LogP contribution in [-0.2, 0) is 7.59 Å². The third kappa shape index (κ3) is 2.75. The number of halogens is 6. The Balaban J connectivity index is 2.84. The van der Waals surface area contributed by atoms with Gasteiger partial charge in [-0.1, -0.05) is 87.8 Å². The van der Waals surface area contributed by atoms with Crippen LogP contribution in [0.3, 0.4) is 0 Å². The molecule has 2 rings (SSSR count). The summed E-state index contributed by atoms with van der Waals surface area (Å²) in [5.41, 5.74) is 0.744. The molecule has 0 aliphatic rings. The quantitative estimate of drug-likeness (QED) is 0.523. The van der Waals surface area contributed by atoms with Crippen LogP contribution in [0.1, 0.15) is 11.3 Å². The van der Waals surface area contributed by atoms with Crippen molar-refractivity contribution in [3.63, 3.8) is 0 Å². The fourth-order valence-corrected chi connectivity index (χ4v) is 2.49. The minimum atomic E-state index is -1.79. The zero-order valence-electron chi connectivity index (χ0n) is 7.99. The van der Waals surface area contributed by atoms with Crippen LogP contribution in [0.15, 0.2) is 28.7 Å². The highest BCUT2D eigenvalue weighted by Crippen LogP contribution is 2.51. The van der Waals surface area contributed by atoms with Crippen LogP contribution in [0.4, 0.5) is 0 Å². The van der Waals surface area contributed by atoms with Crippen molar-refractivity contribution in [2.45, 2.75) is 7.59 Å². The fraction of sp³-hybridized carbons (Fsp3) is 0.200. The van der Waals surface area contributed by atoms with Gasteiger partial charge in [-0.3, -0.25) is 0 Å². The maximum absolute atomic E-state index is 5.89. The average molecular weight is 353 g/mol. The highest BCUT2D eigenvalue weighted by atomic mass is 35.6. The van der Waals surface area contributed by atoms with Crippen molar-refractivity contribution in [3.8, 4) is 0 Å². The van der Waals surface area contributed by atoms with Gasteiger partial charge in [-0.25, -0.2) is 0 Å². The first-order chi connectivity index (χ1) is 7.71. The van der Waals surface area contributed by atoms with Crippen LogP contribution in [0.25, 0.3) is 11.0 Å². The number of furan rings is 1. The minimum Gasteiger partial charge on any atom is -0.456 e. The first-order valence-corrected chi connectivity index (χ1v) is 6.64. The summed E-state index contributed by atoms with van der Waals surface area (Å²) in [6, 6.07) is 6.99. The number of benzene rings is 1. The lowest BCUT2D eigenvalue weighted by Crippen LogP contribution is -2.09. The van der Waals surface area contributed by atoms with E-state index in [1.165, 1.54) is 0 Å². The molecule has 2 aromatic rings. The van der Waals surface area contributed by atoms with Gasteiger partial charge >= 0.3 is 0 Å². The second-order valence-electron chi connectivity index (χ2n) is 3.30. The number of fused-ring (bicyclic) bond motifs is 1. The molecule has 0 N–H and O–H groups in total. The number of hydrogen-bond donors (Lipinski definition) is 0. The highest BCUT2D eigenvalue weighted by molar-refractivity contribution is 6.69. The van der Waals surface area contributed by atoms with Gasteiger partial charge in [-0.05, 0) is 6.07 Å². The number of hydrogen-bond acceptors (Lipinski definition) is 1. The molecule has 1 heterocycles. The number of para-hydroxylation sites is 1. The Hall–Kier alpha value is 0.500. The number of rotatable bonds is 0. The monoisotopic (exact) mass is 350 g/mol. The van der Waals surface area contributed by atoms with Crippen molar-refractivity contribution in [3.05, 3.63) is 35.6 Å². The van der Waals surface area contributed by atoms with E-state index in [4.69, 9.17) is 74.0 Å². The van der Waals surface area contributed by atoms with Crippen molar-refractivity contribution in [2.24, 2.45) is 0 Å². The first-order valence-electron chi connectivity index (χ1n) is 4.37. The van der Waals surface area contributed by atoms with Gasteiger partial charge in [0.05, 0.1) is 5.56 Å². The van der Waals surface area contributed by atoms with Gasteiger partial charge in [-0.2, -0.15) is 0 Å². The van der Waals surface area contributed by atoms with Crippen LogP contribution in [0.5, 0.6) is 0 Å². The van der Waals surface area contributed by atoms with E-state index in [9.17, 15) is 0 Å². The Morgan fingerprint density at radius 1 is 0.824 bits per heavy atom. The molecular formula is C10H4Cl6O. The minimum absolute atomic E-state index is 0.0173. The van der Waals surface area contributed by atoms with Crippen molar-refractivity contribution in [2.75, 3.05) is 0 Å². The van der Waals surface area contributed by atoms with E-state index in [2.05, 4.69) is 0 Å². The molecule has 0 aliphatic carbocycles. The molecule has 0 bridgehead atoms. The zero-order valence-corrected chi connectivity index (χ0v) is 12.5. The van der Waals surface area contributed by atoms with E-state index in [1.807, 2.05) is 0 Å². The van der Waals surface area contributed by atoms with Crippen molar-refractivity contribution in [1.29, 1.82) is 0 Å². The lowest BCUT2D eigenvalue weighted by Gasteiger charge is -2.15. The summed E-state index contributed by atoms with van der Waals surface area (Å²) in [5.74, 6) is 0.0173. The maximum Gasteiger partial charge on any atom is 0.248 e. The molecule has 0 aliphatic heterocycles. The van der Waals surface area contributed by atoms with Crippen LogP contribution < -0.4 is 0 Å². The van der Waals surface area contributed by atoms with Gasteiger partial charge in [0, 0.05) is 5.39 Å². The lowest BCUT2D eigenvalue weighted by molar-refractivity contribution is 0.553. The molecule has 0 amide bonds. The molecule has 17 heavy (non-hydrogen) atoms. The predicted octanol–water partition coefficient (Wildman–Crippen LogP) is 6.09. The lowest BCUT2D eigenvalue weighted by atomic mass is 10.1. The third-order valence-electron chi connectivity index (χ3n) is 2.14. The summed E-state index contributed by atoms with van der Waals surface area (Å²) in [6.07, 6.45) is 0. The Bertz CT molecular complexity index is 548. The van der Waals surface area contributed by atoms with E-state index in [0.29, 0.717) is 11.0 Å². The largest absolute Gasteiger partial charge is 0.456 e. The smallest absolute Gasteiger partial charge is 0.248 e. The topological polar surface area (TPSA) is 13.1 Å². The van der Waals surface area contributed by atoms with Crippen molar-refractivity contribution >= 4 is 80.6 Å². The van der Waals surface area contributed by atoms with E-state index in [0.717, 1.165) is 0 Å². The van der Waals surface area contributed by atoms with E-state index in [1.54, 1.807) is 24.3 Å². The summed E-state index contributed by atoms with van der Waals surface area (Å²) in [6.45, 7) is 0. The van der Waals surface area contributed by atoms with Gasteiger partial charge in [0.1, 0.15) is 5.58 Å². The molecule has 0 saturated heterocycles. The van der Waals surface area contributed by atoms with Gasteiger partial charge in [0.15, 0.2) is 5.76 Å². The molecule has 92 valence electrons. The standard InChI is InChI=1S/C10H4Cl6O/c11-9(12,13)7-5-3-1-2-4-6(5)17-8(7)10(14,15)16/h1-4H. The Labute approximate surface area is 127 Å². The summed E-state index contributed by atoms with van der Waals surface area (Å²) in [7, 11) is 0. The second-order valence-corrected chi connectivity index (χ2v) is 7.86. The zero-order chi connectivity index (χ0) is 12.8. The highest BCUT2D eigenvalue weighted by Gasteiger charge is 2.40. The molecule has 0 saturated carbocycles. The number of alkyl halides is 6. The molecule has 0 spiro atoms. The Morgan fingerprint density at radius 3 is 1.94 bits per heavy atom. The van der Waals surface area contributed by atoms with Crippen molar-refractivity contribution < 1.29 is 4.42 Å². The normalized spacial score (nSPS) is 13.3. The molecule has 1 aromatic heterocycles. The fourth-order valence-electron chi connectivity index (χ4n) is 1.53. The molecule has 7 heteroatoms. The molecule has 0 radical (unpaired) electrons. The Morgan fingerprint density at radius 2 is 1.41 bits per heavy atom. The first kappa shape index (κ1) is 13.9. The molecule has 1 aromatic carbocycles. The predicted molar refractivity (Wildman–Crippen MR) is 74.7 cm³/mol. The molecule has 0 fully saturated rings. The SMILES string of the molecule is ClC(Cl)(Cl)c1oc2ccccc2c1C(Cl)(Cl)Cl. The van der Waals surface area contributed by atoms with Crippen LogP contribution in [0.2, 0.25) is 0 Å². The van der Waals surface area contributed by atoms with Crippen LogP contribution >= 0.6 is 69.6 Å². The molecule has 0 unspecified atom stereocenters. The van der Waals surface area contributed by atoms with Gasteiger partial charge in [-0.15, -0.1) is 0 Å².